The number of carbonyl (C=O) groups excluding carboxylic acids is 3. The molecule has 0 saturated carbocycles. The Balaban J connectivity index is 1.60. The third-order valence-corrected chi connectivity index (χ3v) is 4.05. The van der Waals surface area contributed by atoms with Crippen LogP contribution >= 0.6 is 0 Å². The molecule has 7 heteroatoms. The topological polar surface area (TPSA) is 99.3 Å². The molecular weight excluding hydrogens is 368 g/mol. The lowest BCUT2D eigenvalue weighted by atomic mass is 10.1. The van der Waals surface area contributed by atoms with E-state index in [4.69, 9.17) is 0 Å². The van der Waals surface area contributed by atoms with Crippen molar-refractivity contribution in [1.82, 2.24) is 5.32 Å². The first-order chi connectivity index (χ1) is 14.0. The van der Waals surface area contributed by atoms with Crippen molar-refractivity contribution in [2.75, 3.05) is 23.0 Å². The Morgan fingerprint density at radius 1 is 0.586 bits per heavy atom. The van der Waals surface area contributed by atoms with E-state index in [-0.39, 0.29) is 17.8 Å². The molecule has 0 unspecified atom stereocenters. The normalized spacial score (nSPS) is 9.97. The summed E-state index contributed by atoms with van der Waals surface area (Å²) in [4.78, 5) is 36.1. The van der Waals surface area contributed by atoms with Gasteiger partial charge in [0.2, 0.25) is 0 Å². The minimum absolute atomic E-state index is 0.231. The van der Waals surface area contributed by atoms with Gasteiger partial charge in [-0.25, -0.2) is 4.79 Å². The third-order valence-electron chi connectivity index (χ3n) is 4.05. The van der Waals surface area contributed by atoms with Crippen LogP contribution in [0.4, 0.5) is 21.9 Å². The molecule has 7 nitrogen and oxygen atoms in total. The quantitative estimate of drug-likeness (QED) is 0.533. The van der Waals surface area contributed by atoms with Gasteiger partial charge in [0.25, 0.3) is 11.8 Å². The van der Waals surface area contributed by atoms with Crippen LogP contribution in [0.25, 0.3) is 0 Å². The second kappa shape index (κ2) is 9.18. The largest absolute Gasteiger partial charge is 0.355 e. The van der Waals surface area contributed by atoms with Gasteiger partial charge in [0, 0.05) is 35.2 Å². The van der Waals surface area contributed by atoms with Gasteiger partial charge in [-0.15, -0.1) is 0 Å². The second-order valence-corrected chi connectivity index (χ2v) is 6.14. The van der Waals surface area contributed by atoms with Crippen LogP contribution in [0.15, 0.2) is 78.9 Å². The summed E-state index contributed by atoms with van der Waals surface area (Å²) < 4.78 is 0. The molecule has 4 amide bonds. The maximum Gasteiger partial charge on any atom is 0.323 e. The molecule has 3 rings (SSSR count). The van der Waals surface area contributed by atoms with Crippen LogP contribution in [0.2, 0.25) is 0 Å². The van der Waals surface area contributed by atoms with Crippen LogP contribution in [0, 0.1) is 0 Å². The number of anilines is 3. The first-order valence-corrected chi connectivity index (χ1v) is 8.92. The highest BCUT2D eigenvalue weighted by atomic mass is 16.2. The van der Waals surface area contributed by atoms with Crippen molar-refractivity contribution < 1.29 is 14.4 Å². The Morgan fingerprint density at radius 3 is 1.86 bits per heavy atom. The van der Waals surface area contributed by atoms with Crippen molar-refractivity contribution in [3.63, 3.8) is 0 Å². The molecule has 3 aromatic carbocycles. The van der Waals surface area contributed by atoms with Crippen LogP contribution in [-0.2, 0) is 0 Å². The summed E-state index contributed by atoms with van der Waals surface area (Å²) in [6.07, 6.45) is 0. The predicted molar refractivity (Wildman–Crippen MR) is 113 cm³/mol. The summed E-state index contributed by atoms with van der Waals surface area (Å²) in [6.45, 7) is 0. The smallest absolute Gasteiger partial charge is 0.323 e. The van der Waals surface area contributed by atoms with Gasteiger partial charge in [-0.05, 0) is 54.6 Å². The van der Waals surface area contributed by atoms with Crippen molar-refractivity contribution in [3.05, 3.63) is 90.0 Å². The number of nitrogens with one attached hydrogen (secondary N) is 4. The van der Waals surface area contributed by atoms with E-state index in [9.17, 15) is 14.4 Å². The van der Waals surface area contributed by atoms with Gasteiger partial charge in [0.15, 0.2) is 0 Å². The Labute approximate surface area is 168 Å². The van der Waals surface area contributed by atoms with E-state index in [2.05, 4.69) is 21.3 Å². The standard InChI is InChI=1S/C22H20N4O3/c1-23-20(27)16-6-5-9-19(14-16)24-21(28)15-10-12-18(13-11-15)26-22(29)25-17-7-3-2-4-8-17/h2-14H,1H3,(H,23,27)(H,24,28)(H2,25,26,29). The number of amides is 4. The molecule has 0 aliphatic rings. The lowest BCUT2D eigenvalue weighted by Gasteiger charge is -2.09. The van der Waals surface area contributed by atoms with E-state index in [1.54, 1.807) is 67.7 Å². The van der Waals surface area contributed by atoms with Crippen molar-refractivity contribution in [3.8, 4) is 0 Å². The molecule has 0 saturated heterocycles. The van der Waals surface area contributed by atoms with E-state index in [0.717, 1.165) is 0 Å². The van der Waals surface area contributed by atoms with Crippen LogP contribution < -0.4 is 21.3 Å². The van der Waals surface area contributed by atoms with Crippen LogP contribution in [0.1, 0.15) is 20.7 Å². The molecule has 0 aliphatic heterocycles. The number of hydrogen-bond acceptors (Lipinski definition) is 3. The molecule has 0 spiro atoms. The number of rotatable bonds is 5. The zero-order valence-electron chi connectivity index (χ0n) is 15.7. The minimum Gasteiger partial charge on any atom is -0.355 e. The zero-order valence-corrected chi connectivity index (χ0v) is 15.7. The zero-order chi connectivity index (χ0) is 20.6. The monoisotopic (exact) mass is 388 g/mol. The fourth-order valence-electron chi connectivity index (χ4n) is 2.61. The summed E-state index contributed by atoms with van der Waals surface area (Å²) in [7, 11) is 1.54. The predicted octanol–water partition coefficient (Wildman–Crippen LogP) is 3.94. The molecule has 0 atom stereocenters. The summed E-state index contributed by atoms with van der Waals surface area (Å²) in [5.74, 6) is -0.551. The van der Waals surface area contributed by atoms with E-state index in [1.165, 1.54) is 0 Å². The van der Waals surface area contributed by atoms with E-state index in [0.29, 0.717) is 28.2 Å². The summed E-state index contributed by atoms with van der Waals surface area (Å²) in [6, 6.07) is 21.9. The van der Waals surface area contributed by atoms with Crippen molar-refractivity contribution in [2.24, 2.45) is 0 Å². The highest BCUT2D eigenvalue weighted by Gasteiger charge is 2.09. The average molecular weight is 388 g/mol. The average Bonchev–Trinajstić information content (AvgIpc) is 2.74. The number of urea groups is 1. The molecule has 0 bridgehead atoms. The first-order valence-electron chi connectivity index (χ1n) is 8.92. The Bertz CT molecular complexity index is 1020. The number of para-hydroxylation sites is 1. The van der Waals surface area contributed by atoms with E-state index < -0.39 is 0 Å². The minimum atomic E-state index is -0.376. The third kappa shape index (κ3) is 5.43. The van der Waals surface area contributed by atoms with Gasteiger partial charge < -0.3 is 21.3 Å². The van der Waals surface area contributed by atoms with E-state index >= 15 is 0 Å². The number of benzene rings is 3. The van der Waals surface area contributed by atoms with Gasteiger partial charge in [0.05, 0.1) is 0 Å². The molecule has 146 valence electrons. The number of hydrogen-bond donors (Lipinski definition) is 4. The lowest BCUT2D eigenvalue weighted by molar-refractivity contribution is 0.0961. The molecule has 0 heterocycles. The highest BCUT2D eigenvalue weighted by Crippen LogP contribution is 2.15. The van der Waals surface area contributed by atoms with Gasteiger partial charge >= 0.3 is 6.03 Å². The summed E-state index contributed by atoms with van der Waals surface area (Å²) >= 11 is 0. The summed E-state index contributed by atoms with van der Waals surface area (Å²) in [5.41, 5.74) is 2.62. The molecule has 0 aliphatic carbocycles. The Morgan fingerprint density at radius 2 is 1.21 bits per heavy atom. The van der Waals surface area contributed by atoms with Crippen molar-refractivity contribution in [2.45, 2.75) is 0 Å². The maximum absolute atomic E-state index is 12.4. The molecule has 29 heavy (non-hydrogen) atoms. The second-order valence-electron chi connectivity index (χ2n) is 6.14. The van der Waals surface area contributed by atoms with Gasteiger partial charge in [0.1, 0.15) is 0 Å². The van der Waals surface area contributed by atoms with Crippen LogP contribution in [0.5, 0.6) is 0 Å². The fraction of sp³-hybridized carbons (Fsp3) is 0.0455. The van der Waals surface area contributed by atoms with E-state index in [1.807, 2.05) is 18.2 Å². The molecule has 0 fully saturated rings. The highest BCUT2D eigenvalue weighted by molar-refractivity contribution is 6.06. The molecule has 3 aromatic rings. The Kier molecular flexibility index (Phi) is 6.22. The first kappa shape index (κ1) is 19.6. The molecule has 4 N–H and O–H groups in total. The van der Waals surface area contributed by atoms with Gasteiger partial charge in [-0.3, -0.25) is 9.59 Å². The number of carbonyl (C=O) groups is 3. The van der Waals surface area contributed by atoms with Gasteiger partial charge in [-0.2, -0.15) is 0 Å². The van der Waals surface area contributed by atoms with Gasteiger partial charge in [-0.1, -0.05) is 24.3 Å². The van der Waals surface area contributed by atoms with Crippen LogP contribution in [0.3, 0.4) is 0 Å². The maximum atomic E-state index is 12.4. The molecule has 0 radical (unpaired) electrons. The van der Waals surface area contributed by atoms with Crippen LogP contribution in [-0.4, -0.2) is 24.9 Å². The SMILES string of the molecule is CNC(=O)c1cccc(NC(=O)c2ccc(NC(=O)Nc3ccccc3)cc2)c1. The fourth-order valence-corrected chi connectivity index (χ4v) is 2.61. The summed E-state index contributed by atoms with van der Waals surface area (Å²) in [5, 5.41) is 10.7. The molecule has 0 aromatic heterocycles. The Hall–Kier alpha value is -4.13. The van der Waals surface area contributed by atoms with Crippen molar-refractivity contribution in [1.29, 1.82) is 0 Å². The van der Waals surface area contributed by atoms with Crippen molar-refractivity contribution >= 4 is 34.9 Å². The molecular formula is C22H20N4O3. The lowest BCUT2D eigenvalue weighted by Crippen LogP contribution is -2.19.